The van der Waals surface area contributed by atoms with Crippen LogP contribution in [0.5, 0.6) is 0 Å². The average molecular weight is 153 g/mol. The summed E-state index contributed by atoms with van der Waals surface area (Å²) in [5.41, 5.74) is 0. The summed E-state index contributed by atoms with van der Waals surface area (Å²) in [6.45, 7) is 2.69. The van der Waals surface area contributed by atoms with E-state index in [4.69, 9.17) is 0 Å². The highest BCUT2D eigenvalue weighted by Crippen LogP contribution is 2.36. The van der Waals surface area contributed by atoms with Gasteiger partial charge in [-0.25, -0.2) is 0 Å². The minimum absolute atomic E-state index is 1.09. The molecule has 2 atom stereocenters. The largest absolute Gasteiger partial charge is 0.306 e. The van der Waals surface area contributed by atoms with Gasteiger partial charge in [0.1, 0.15) is 0 Å². The Kier molecular flexibility index (Phi) is 2.17. The first kappa shape index (κ1) is 7.60. The van der Waals surface area contributed by atoms with E-state index in [-0.39, 0.29) is 0 Å². The Hall–Kier alpha value is -0.0400. The van der Waals surface area contributed by atoms with E-state index in [9.17, 15) is 0 Å². The third-order valence-electron chi connectivity index (χ3n) is 3.49. The van der Waals surface area contributed by atoms with Crippen molar-refractivity contribution in [2.45, 2.75) is 32.1 Å². The van der Waals surface area contributed by atoms with Crippen LogP contribution >= 0.6 is 0 Å². The summed E-state index contributed by atoms with van der Waals surface area (Å²) in [5.74, 6) is 2.17. The lowest BCUT2D eigenvalue weighted by molar-refractivity contribution is 0.255. The summed E-state index contributed by atoms with van der Waals surface area (Å²) in [6, 6.07) is 0. The maximum atomic E-state index is 2.50. The summed E-state index contributed by atoms with van der Waals surface area (Å²) in [6.07, 6.45) is 7.53. The van der Waals surface area contributed by atoms with Gasteiger partial charge in [-0.15, -0.1) is 0 Å². The first-order valence-electron chi connectivity index (χ1n) is 5.03. The van der Waals surface area contributed by atoms with Crippen LogP contribution in [0.4, 0.5) is 0 Å². The van der Waals surface area contributed by atoms with Gasteiger partial charge in [-0.3, -0.25) is 0 Å². The maximum Gasteiger partial charge on any atom is -0.00191 e. The van der Waals surface area contributed by atoms with Crippen molar-refractivity contribution in [2.24, 2.45) is 11.8 Å². The molecule has 1 nitrogen and oxygen atoms in total. The fourth-order valence-corrected chi connectivity index (χ4v) is 2.62. The number of rotatable bonds is 0. The second kappa shape index (κ2) is 3.14. The van der Waals surface area contributed by atoms with Gasteiger partial charge in [-0.05, 0) is 51.2 Å². The van der Waals surface area contributed by atoms with Gasteiger partial charge in [-0.1, -0.05) is 12.8 Å². The number of hydrogen-bond acceptors (Lipinski definition) is 1. The molecule has 1 saturated carbocycles. The van der Waals surface area contributed by atoms with Crippen molar-refractivity contribution in [1.82, 2.24) is 4.90 Å². The van der Waals surface area contributed by atoms with E-state index in [0.717, 1.165) is 11.8 Å². The summed E-state index contributed by atoms with van der Waals surface area (Å²) in [5, 5.41) is 0. The normalized spacial score (nSPS) is 40.1. The molecule has 0 aromatic rings. The fraction of sp³-hybridized carbons (Fsp3) is 1.00. The van der Waals surface area contributed by atoms with Crippen LogP contribution < -0.4 is 0 Å². The molecule has 0 spiro atoms. The fourth-order valence-electron chi connectivity index (χ4n) is 2.62. The van der Waals surface area contributed by atoms with E-state index in [2.05, 4.69) is 11.9 Å². The number of likely N-dealkylation sites (tertiary alicyclic amines) is 1. The van der Waals surface area contributed by atoms with Gasteiger partial charge in [0.15, 0.2) is 0 Å². The Morgan fingerprint density at radius 1 is 0.909 bits per heavy atom. The lowest BCUT2D eigenvalue weighted by Gasteiger charge is -2.23. The smallest absolute Gasteiger partial charge is 0.00191 e. The second-order valence-corrected chi connectivity index (χ2v) is 4.43. The quantitative estimate of drug-likeness (QED) is 0.515. The van der Waals surface area contributed by atoms with E-state index in [0.29, 0.717) is 0 Å². The number of nitrogens with zero attached hydrogens (tertiary/aromatic N) is 1. The third kappa shape index (κ3) is 1.76. The molecule has 0 aromatic heterocycles. The van der Waals surface area contributed by atoms with Gasteiger partial charge in [0.2, 0.25) is 0 Å². The molecule has 2 rings (SSSR count). The van der Waals surface area contributed by atoms with Gasteiger partial charge in [0.05, 0.1) is 0 Å². The van der Waals surface area contributed by atoms with Crippen LogP contribution in [0, 0.1) is 11.8 Å². The molecule has 0 aromatic carbocycles. The predicted molar refractivity (Wildman–Crippen MR) is 47.6 cm³/mol. The Bertz CT molecular complexity index is 119. The first-order chi connectivity index (χ1) is 5.34. The minimum atomic E-state index is 1.09. The highest BCUT2D eigenvalue weighted by Gasteiger charge is 2.26. The van der Waals surface area contributed by atoms with E-state index >= 15 is 0 Å². The molecule has 0 radical (unpaired) electrons. The molecule has 0 N–H and O–H groups in total. The molecule has 11 heavy (non-hydrogen) atoms. The van der Waals surface area contributed by atoms with Crippen LogP contribution in [0.1, 0.15) is 32.1 Å². The van der Waals surface area contributed by atoms with Crippen LogP contribution in [0.2, 0.25) is 0 Å². The monoisotopic (exact) mass is 153 g/mol. The molecule has 2 bridgehead atoms. The molecule has 1 aliphatic heterocycles. The zero-order valence-electron chi connectivity index (χ0n) is 7.55. The minimum Gasteiger partial charge on any atom is -0.306 e. The molecule has 0 amide bonds. The van der Waals surface area contributed by atoms with E-state index < -0.39 is 0 Å². The van der Waals surface area contributed by atoms with Crippen LogP contribution in [-0.2, 0) is 0 Å². The Morgan fingerprint density at radius 3 is 2.00 bits per heavy atom. The molecule has 2 aliphatic rings. The van der Waals surface area contributed by atoms with Crippen molar-refractivity contribution in [2.75, 3.05) is 20.1 Å². The lowest BCUT2D eigenvalue weighted by Crippen LogP contribution is -2.25. The van der Waals surface area contributed by atoms with Crippen LogP contribution in [-0.4, -0.2) is 25.0 Å². The topological polar surface area (TPSA) is 3.24 Å². The van der Waals surface area contributed by atoms with E-state index in [1.807, 2.05) is 0 Å². The highest BCUT2D eigenvalue weighted by atomic mass is 15.1. The van der Waals surface area contributed by atoms with Crippen molar-refractivity contribution < 1.29 is 0 Å². The summed E-state index contributed by atoms with van der Waals surface area (Å²) in [7, 11) is 2.27. The molecule has 1 saturated heterocycles. The molecule has 1 heteroatoms. The van der Waals surface area contributed by atoms with Crippen molar-refractivity contribution >= 4 is 0 Å². The van der Waals surface area contributed by atoms with Crippen molar-refractivity contribution in [3.05, 3.63) is 0 Å². The number of fused-ring (bicyclic) bond motifs is 2. The molecule has 64 valence electrons. The van der Waals surface area contributed by atoms with E-state index in [1.165, 1.54) is 38.8 Å². The van der Waals surface area contributed by atoms with Crippen molar-refractivity contribution in [3.8, 4) is 0 Å². The Labute approximate surface area is 69.8 Å². The Morgan fingerprint density at radius 2 is 1.45 bits per heavy atom. The summed E-state index contributed by atoms with van der Waals surface area (Å²) in [4.78, 5) is 2.50. The lowest BCUT2D eigenvalue weighted by atomic mass is 9.97. The zero-order chi connectivity index (χ0) is 7.68. The maximum absolute atomic E-state index is 2.50. The van der Waals surface area contributed by atoms with Gasteiger partial charge < -0.3 is 4.90 Å². The summed E-state index contributed by atoms with van der Waals surface area (Å²) < 4.78 is 0. The Balaban J connectivity index is 1.93. The first-order valence-corrected chi connectivity index (χ1v) is 5.03. The molecular formula is C10H19N. The molecule has 1 aliphatic carbocycles. The van der Waals surface area contributed by atoms with Crippen molar-refractivity contribution in [3.63, 3.8) is 0 Å². The van der Waals surface area contributed by atoms with Gasteiger partial charge in [0.25, 0.3) is 0 Å². The van der Waals surface area contributed by atoms with Crippen LogP contribution in [0.15, 0.2) is 0 Å². The predicted octanol–water partition coefficient (Wildman–Crippen LogP) is 2.13. The van der Waals surface area contributed by atoms with Gasteiger partial charge >= 0.3 is 0 Å². The highest BCUT2D eigenvalue weighted by molar-refractivity contribution is 4.79. The standard InChI is InChI=1S/C10H19N/c1-11-6-4-9-2-3-10(8-9)5-7-11/h9-10H,2-8H2,1H3. The van der Waals surface area contributed by atoms with Gasteiger partial charge in [0, 0.05) is 0 Å². The van der Waals surface area contributed by atoms with E-state index in [1.54, 1.807) is 6.42 Å². The number of hydrogen-bond donors (Lipinski definition) is 0. The van der Waals surface area contributed by atoms with Crippen LogP contribution in [0.3, 0.4) is 0 Å². The summed E-state index contributed by atoms with van der Waals surface area (Å²) >= 11 is 0. The molecule has 2 fully saturated rings. The van der Waals surface area contributed by atoms with Gasteiger partial charge in [-0.2, -0.15) is 0 Å². The SMILES string of the molecule is CN1CCC2CCC(CC1)C2. The molecule has 2 unspecified atom stereocenters. The van der Waals surface area contributed by atoms with Crippen LogP contribution in [0.25, 0.3) is 0 Å². The second-order valence-electron chi connectivity index (χ2n) is 4.43. The third-order valence-corrected chi connectivity index (χ3v) is 3.49. The molecule has 1 heterocycles. The molecular weight excluding hydrogens is 134 g/mol. The average Bonchev–Trinajstić information content (AvgIpc) is 2.43. The van der Waals surface area contributed by atoms with Crippen molar-refractivity contribution in [1.29, 1.82) is 0 Å². The zero-order valence-corrected chi connectivity index (χ0v) is 7.55.